The molecular formula is C36H30Cl2N4O6. The van der Waals surface area contributed by atoms with Crippen LogP contribution in [0.3, 0.4) is 0 Å². The fourth-order valence-electron chi connectivity index (χ4n) is 5.08. The quantitative estimate of drug-likeness (QED) is 0.167. The van der Waals surface area contributed by atoms with E-state index in [0.29, 0.717) is 60.6 Å². The minimum Gasteiger partial charge on any atom is -0.497 e. The molecular weight excluding hydrogens is 655 g/mol. The number of hydrogen-bond acceptors (Lipinski definition) is 8. The molecule has 0 amide bonds. The Morgan fingerprint density at radius 1 is 0.708 bits per heavy atom. The van der Waals surface area contributed by atoms with Crippen molar-refractivity contribution in [2.45, 2.75) is 26.7 Å². The fourth-order valence-corrected chi connectivity index (χ4v) is 5.34. The van der Waals surface area contributed by atoms with Crippen LogP contribution in [0, 0.1) is 0 Å². The number of fused-ring (bicyclic) bond motifs is 2. The Balaban J connectivity index is 0.000000188. The highest BCUT2D eigenvalue weighted by Crippen LogP contribution is 2.27. The largest absolute Gasteiger partial charge is 0.497 e. The van der Waals surface area contributed by atoms with Crippen LogP contribution in [0.25, 0.3) is 21.9 Å². The van der Waals surface area contributed by atoms with E-state index in [4.69, 9.17) is 32.7 Å². The van der Waals surface area contributed by atoms with Gasteiger partial charge in [-0.25, -0.2) is 4.98 Å². The highest BCUT2D eigenvalue weighted by atomic mass is 35.5. The molecule has 3 heterocycles. The zero-order chi connectivity index (χ0) is 34.5. The maximum Gasteiger partial charge on any atom is 0.278 e. The third kappa shape index (κ3) is 7.46. The second-order valence-electron chi connectivity index (χ2n) is 10.9. The van der Waals surface area contributed by atoms with Crippen molar-refractivity contribution in [3.05, 3.63) is 117 Å². The lowest BCUT2D eigenvalue weighted by Gasteiger charge is -2.05. The summed E-state index contributed by atoms with van der Waals surface area (Å²) < 4.78 is 13.2. The number of nitrogens with zero attached hydrogens (tertiary/aromatic N) is 4. The van der Waals surface area contributed by atoms with Gasteiger partial charge in [0.1, 0.15) is 17.3 Å². The summed E-state index contributed by atoms with van der Waals surface area (Å²) in [5, 5.41) is 6.21. The number of methoxy groups -OCH3 is 2. The lowest BCUT2D eigenvalue weighted by molar-refractivity contribution is -0.117. The zero-order valence-electron chi connectivity index (χ0n) is 26.5. The van der Waals surface area contributed by atoms with E-state index in [2.05, 4.69) is 10.1 Å². The van der Waals surface area contributed by atoms with E-state index in [1.165, 1.54) is 30.2 Å². The van der Waals surface area contributed by atoms with Gasteiger partial charge in [-0.05, 0) is 86.6 Å². The van der Waals surface area contributed by atoms with Gasteiger partial charge in [0, 0.05) is 50.8 Å². The number of ether oxygens (including phenoxy) is 2. The van der Waals surface area contributed by atoms with E-state index < -0.39 is 0 Å². The Bertz CT molecular complexity index is 2010. The highest BCUT2D eigenvalue weighted by molar-refractivity contribution is 6.31. The molecule has 0 saturated heterocycles. The first kappa shape index (κ1) is 34.0. The molecule has 0 fully saturated rings. The van der Waals surface area contributed by atoms with E-state index in [9.17, 15) is 19.2 Å². The molecule has 48 heavy (non-hydrogen) atoms. The Morgan fingerprint density at radius 3 is 1.85 bits per heavy atom. The monoisotopic (exact) mass is 684 g/mol. The van der Waals surface area contributed by atoms with Crippen molar-refractivity contribution in [2.75, 3.05) is 14.2 Å². The summed E-state index contributed by atoms with van der Waals surface area (Å²) in [6, 6.07) is 22.0. The van der Waals surface area contributed by atoms with Gasteiger partial charge in [-0.3, -0.25) is 23.7 Å². The molecule has 0 aliphatic rings. The maximum absolute atomic E-state index is 12.8. The topological polar surface area (TPSA) is 122 Å². The van der Waals surface area contributed by atoms with Gasteiger partial charge in [0.15, 0.2) is 0 Å². The summed E-state index contributed by atoms with van der Waals surface area (Å²) in [7, 11) is 3.09. The first-order valence-electron chi connectivity index (χ1n) is 14.7. The predicted octanol–water partition coefficient (Wildman–Crippen LogP) is 7.04. The van der Waals surface area contributed by atoms with E-state index in [1.54, 1.807) is 92.2 Å². The van der Waals surface area contributed by atoms with Gasteiger partial charge < -0.3 is 9.47 Å². The van der Waals surface area contributed by atoms with Crippen LogP contribution in [-0.2, 0) is 22.4 Å². The summed E-state index contributed by atoms with van der Waals surface area (Å²) in [6.07, 6.45) is 2.03. The molecule has 244 valence electrons. The van der Waals surface area contributed by atoms with E-state index in [-0.39, 0.29) is 36.2 Å². The van der Waals surface area contributed by atoms with E-state index in [1.807, 2.05) is 0 Å². The molecule has 0 spiro atoms. The minimum absolute atomic E-state index is 0.00221. The number of pyridine rings is 1. The van der Waals surface area contributed by atoms with Crippen molar-refractivity contribution in [2.24, 2.45) is 0 Å². The predicted molar refractivity (Wildman–Crippen MR) is 184 cm³/mol. The number of Topliss-reactive ketones (excluding diaryl/α,β-unsaturated/α-hetero) is 2. The number of rotatable bonds is 8. The van der Waals surface area contributed by atoms with Gasteiger partial charge in [0.05, 0.1) is 42.9 Å². The van der Waals surface area contributed by atoms with Crippen LogP contribution < -0.4 is 9.47 Å². The molecule has 0 bridgehead atoms. The van der Waals surface area contributed by atoms with Crippen LogP contribution in [0.2, 0.25) is 10.0 Å². The average Bonchev–Trinajstić information content (AvgIpc) is 3.61. The standard InChI is InChI=1S/2C18H15ClN2O3/c1-11(22)9-13-10-21(15-7-8-16(24-2)20-17(13)15)18(23)12-3-5-14(19)6-4-12;1-11(22)9-16-15-10-14(24-2)7-8-17(15)21(20-16)18(23)12-3-5-13(19)6-4-12/h2*3-8,10H,9H2,1-2H3. The van der Waals surface area contributed by atoms with Crippen molar-refractivity contribution >= 4 is 68.5 Å². The summed E-state index contributed by atoms with van der Waals surface area (Å²) in [5.74, 6) is 0.561. The Kier molecular flexibility index (Phi) is 10.4. The number of ketones is 2. The van der Waals surface area contributed by atoms with Crippen LogP contribution in [0.15, 0.2) is 85.1 Å². The number of benzene rings is 3. The lowest BCUT2D eigenvalue weighted by atomic mass is 10.1. The first-order valence-corrected chi connectivity index (χ1v) is 15.4. The maximum atomic E-state index is 12.8. The van der Waals surface area contributed by atoms with Crippen molar-refractivity contribution < 1.29 is 28.7 Å². The molecule has 12 heteroatoms. The molecule has 0 atom stereocenters. The van der Waals surface area contributed by atoms with Gasteiger partial charge in [-0.1, -0.05) is 23.2 Å². The van der Waals surface area contributed by atoms with E-state index >= 15 is 0 Å². The lowest BCUT2D eigenvalue weighted by Crippen LogP contribution is -2.14. The molecule has 6 rings (SSSR count). The molecule has 3 aromatic carbocycles. The third-order valence-corrected chi connectivity index (χ3v) is 7.82. The molecule has 10 nitrogen and oxygen atoms in total. The summed E-state index contributed by atoms with van der Waals surface area (Å²) in [5.41, 5.74) is 4.07. The Hall–Kier alpha value is -5.32. The number of aromatic nitrogens is 4. The van der Waals surface area contributed by atoms with Crippen molar-refractivity contribution in [1.29, 1.82) is 0 Å². The second kappa shape index (κ2) is 14.6. The Labute approximate surface area is 285 Å². The number of hydrogen-bond donors (Lipinski definition) is 0. The summed E-state index contributed by atoms with van der Waals surface area (Å²) in [6.45, 7) is 3.00. The van der Waals surface area contributed by atoms with E-state index in [0.717, 1.165) is 5.39 Å². The molecule has 0 aliphatic heterocycles. The second-order valence-corrected chi connectivity index (χ2v) is 11.7. The summed E-state index contributed by atoms with van der Waals surface area (Å²) in [4.78, 5) is 53.0. The highest BCUT2D eigenvalue weighted by Gasteiger charge is 2.20. The smallest absolute Gasteiger partial charge is 0.278 e. The molecule has 0 saturated carbocycles. The number of carbonyl (C=O) groups is 4. The van der Waals surface area contributed by atoms with Crippen molar-refractivity contribution in [3.63, 3.8) is 0 Å². The number of halogens is 2. The third-order valence-electron chi connectivity index (χ3n) is 7.32. The van der Waals surface area contributed by atoms with Gasteiger partial charge >= 0.3 is 0 Å². The SMILES string of the molecule is COc1ccc2c(c1)c(CC(C)=O)nn2C(=O)c1ccc(Cl)cc1.COc1ccc2c(n1)c(CC(C)=O)cn2C(=O)c1ccc(Cl)cc1. The van der Waals surface area contributed by atoms with Crippen molar-refractivity contribution in [3.8, 4) is 11.6 Å². The molecule has 6 aromatic rings. The fraction of sp³-hybridized carbons (Fsp3) is 0.167. The molecule has 0 aliphatic carbocycles. The van der Waals surface area contributed by atoms with Gasteiger partial charge in [-0.2, -0.15) is 9.78 Å². The van der Waals surface area contributed by atoms with Crippen LogP contribution >= 0.6 is 23.2 Å². The first-order chi connectivity index (χ1) is 23.0. The molecule has 0 radical (unpaired) electrons. The average molecular weight is 686 g/mol. The molecule has 0 N–H and O–H groups in total. The normalized spacial score (nSPS) is 10.8. The van der Waals surface area contributed by atoms with Crippen LogP contribution in [0.4, 0.5) is 0 Å². The molecule has 0 unspecified atom stereocenters. The molecule has 3 aromatic heterocycles. The van der Waals surface area contributed by atoms with Crippen molar-refractivity contribution in [1.82, 2.24) is 19.3 Å². The van der Waals surface area contributed by atoms with Crippen LogP contribution in [0.1, 0.15) is 45.8 Å². The Morgan fingerprint density at radius 2 is 1.29 bits per heavy atom. The van der Waals surface area contributed by atoms with Crippen LogP contribution in [0.5, 0.6) is 11.6 Å². The number of carbonyl (C=O) groups excluding carboxylic acids is 4. The summed E-state index contributed by atoms with van der Waals surface area (Å²) >= 11 is 11.7. The van der Waals surface area contributed by atoms with Gasteiger partial charge in [0.2, 0.25) is 5.88 Å². The zero-order valence-corrected chi connectivity index (χ0v) is 28.0. The van der Waals surface area contributed by atoms with Gasteiger partial charge in [-0.15, -0.1) is 0 Å². The minimum atomic E-state index is -0.281. The van der Waals surface area contributed by atoms with Gasteiger partial charge in [0.25, 0.3) is 11.8 Å². The van der Waals surface area contributed by atoms with Crippen LogP contribution in [-0.4, -0.2) is 56.9 Å².